The molecular weight excluding hydrogens is 420 g/mol. The second kappa shape index (κ2) is 8.12. The highest BCUT2D eigenvalue weighted by atomic mass is 16.5. The molecule has 8 heteroatoms. The van der Waals surface area contributed by atoms with Crippen LogP contribution in [-0.2, 0) is 0 Å². The fraction of sp³-hybridized carbons (Fsp3) is 0.240. The molecule has 0 bridgehead atoms. The fourth-order valence-corrected chi connectivity index (χ4v) is 3.85. The zero-order chi connectivity index (χ0) is 23.1. The molecule has 5 rings (SSSR count). The maximum absolute atomic E-state index is 12.9. The van der Waals surface area contributed by atoms with Gasteiger partial charge in [-0.1, -0.05) is 26.0 Å². The zero-order valence-electron chi connectivity index (χ0n) is 18.6. The van der Waals surface area contributed by atoms with Crippen LogP contribution in [0, 0.1) is 11.1 Å². The monoisotopic (exact) mass is 444 g/mol. The number of rotatable bonds is 6. The number of ether oxygens (including phenoxy) is 2. The molecule has 0 unspecified atom stereocenters. The van der Waals surface area contributed by atoms with Crippen LogP contribution in [0.4, 0.5) is 0 Å². The first-order chi connectivity index (χ1) is 16.0. The fourth-order valence-electron chi connectivity index (χ4n) is 3.85. The van der Waals surface area contributed by atoms with Crippen molar-refractivity contribution < 1.29 is 19.4 Å². The van der Waals surface area contributed by atoms with Gasteiger partial charge in [0, 0.05) is 23.8 Å². The van der Waals surface area contributed by atoms with Crippen LogP contribution in [0.25, 0.3) is 44.5 Å². The van der Waals surface area contributed by atoms with Crippen molar-refractivity contribution in [3.63, 3.8) is 0 Å². The van der Waals surface area contributed by atoms with E-state index in [0.717, 1.165) is 21.4 Å². The quantitative estimate of drug-likeness (QED) is 0.176. The molecule has 5 aromatic rings. The second-order valence-corrected chi connectivity index (χ2v) is 8.37. The van der Waals surface area contributed by atoms with E-state index in [9.17, 15) is 10.4 Å². The molecule has 0 saturated heterocycles. The molecule has 0 spiro atoms. The minimum absolute atomic E-state index is 0.307. The second-order valence-electron chi connectivity index (χ2n) is 8.37. The van der Waals surface area contributed by atoms with Crippen LogP contribution in [-0.4, -0.2) is 33.6 Å². The summed E-state index contributed by atoms with van der Waals surface area (Å²) in [7, 11) is 1.60. The van der Waals surface area contributed by atoms with Crippen LogP contribution in [0.2, 0.25) is 0 Å². The third kappa shape index (κ3) is 3.63. The van der Waals surface area contributed by atoms with Crippen molar-refractivity contribution in [1.29, 1.82) is 0 Å². The Morgan fingerprint density at radius 3 is 2.48 bits per heavy atom. The molecule has 3 aromatic carbocycles. The van der Waals surface area contributed by atoms with Crippen molar-refractivity contribution in [3.05, 3.63) is 59.8 Å². The van der Waals surface area contributed by atoms with E-state index in [-0.39, 0.29) is 0 Å². The number of para-hydroxylation sites is 2. The Morgan fingerprint density at radius 2 is 1.73 bits per heavy atom. The van der Waals surface area contributed by atoms with Crippen molar-refractivity contribution in [3.8, 4) is 22.9 Å². The minimum Gasteiger partial charge on any atom is -0.618 e. The topological polar surface area (TPSA) is 96.3 Å². The molecule has 0 radical (unpaired) electrons. The summed E-state index contributed by atoms with van der Waals surface area (Å²) in [6.45, 7) is 4.92. The SMILES string of the molecule is COc1cc(-c2nc3cc4c(cc3n2)[n+]([O-])c2ccccc2n4O)ccc1OCCC(C)C. The van der Waals surface area contributed by atoms with Gasteiger partial charge in [-0.3, -0.25) is 0 Å². The average Bonchev–Trinajstić information content (AvgIpc) is 3.24. The van der Waals surface area contributed by atoms with Crippen molar-refractivity contribution in [2.45, 2.75) is 20.3 Å². The molecular formula is C25H24N4O4. The van der Waals surface area contributed by atoms with Gasteiger partial charge in [0.25, 0.3) is 0 Å². The number of imidazole rings is 1. The van der Waals surface area contributed by atoms with Gasteiger partial charge >= 0.3 is 0 Å². The van der Waals surface area contributed by atoms with E-state index in [4.69, 9.17) is 9.47 Å². The Bertz CT molecular complexity index is 1420. The number of nitrogens with zero attached hydrogens (tertiary/aromatic N) is 4. The molecule has 0 aliphatic carbocycles. The van der Waals surface area contributed by atoms with E-state index < -0.39 is 0 Å². The van der Waals surface area contributed by atoms with Gasteiger partial charge in [-0.15, -0.1) is 0 Å². The third-order valence-corrected chi connectivity index (χ3v) is 5.67. The van der Waals surface area contributed by atoms with E-state index >= 15 is 0 Å². The molecule has 0 aliphatic heterocycles. The molecule has 2 heterocycles. The van der Waals surface area contributed by atoms with E-state index in [1.165, 1.54) is 0 Å². The summed E-state index contributed by atoms with van der Waals surface area (Å²) in [4.78, 5) is 9.25. The lowest BCUT2D eigenvalue weighted by Crippen LogP contribution is -2.30. The highest BCUT2D eigenvalue weighted by Gasteiger charge is 2.19. The first-order valence-corrected chi connectivity index (χ1v) is 10.8. The van der Waals surface area contributed by atoms with Gasteiger partial charge in [-0.25, -0.2) is 9.97 Å². The first-order valence-electron chi connectivity index (χ1n) is 10.8. The third-order valence-electron chi connectivity index (χ3n) is 5.67. The van der Waals surface area contributed by atoms with Gasteiger partial charge in [-0.05, 0) is 36.6 Å². The van der Waals surface area contributed by atoms with Crippen LogP contribution in [0.5, 0.6) is 11.5 Å². The summed E-state index contributed by atoms with van der Waals surface area (Å²) in [5.41, 5.74) is 3.35. The molecule has 0 fully saturated rings. The number of aromatic nitrogens is 4. The molecule has 33 heavy (non-hydrogen) atoms. The molecule has 168 valence electrons. The van der Waals surface area contributed by atoms with Crippen LogP contribution in [0.3, 0.4) is 0 Å². The minimum atomic E-state index is 0.307. The summed E-state index contributed by atoms with van der Waals surface area (Å²) in [6.07, 6.45) is 0.954. The predicted molar refractivity (Wildman–Crippen MR) is 126 cm³/mol. The van der Waals surface area contributed by atoms with E-state index in [2.05, 4.69) is 23.8 Å². The number of methoxy groups -OCH3 is 1. The van der Waals surface area contributed by atoms with Crippen molar-refractivity contribution in [2.24, 2.45) is 5.92 Å². The van der Waals surface area contributed by atoms with Gasteiger partial charge in [0.15, 0.2) is 28.4 Å². The number of benzene rings is 3. The largest absolute Gasteiger partial charge is 0.618 e. The molecule has 2 aromatic heterocycles. The molecule has 0 atom stereocenters. The van der Waals surface area contributed by atoms with Crippen molar-refractivity contribution in [1.82, 2.24) is 14.7 Å². The van der Waals surface area contributed by atoms with Crippen molar-refractivity contribution >= 4 is 33.1 Å². The lowest BCUT2D eigenvalue weighted by molar-refractivity contribution is -0.548. The standard InChI is InChI=1S/C25H24N4O4/c1-15(2)10-11-33-23-9-8-16(12-24(23)32-3)25-26-17-13-21-22(14-18(17)27-25)29(31)20-7-5-4-6-19(20)28(21)30/h4-9,12-15,30H,10-11H2,1-3H3. The lowest BCUT2D eigenvalue weighted by atomic mass is 10.1. The smallest absolute Gasteiger partial charge is 0.246 e. The Hall–Kier alpha value is -4.07. The summed E-state index contributed by atoms with van der Waals surface area (Å²) in [5, 5.41) is 23.6. The molecule has 0 amide bonds. The zero-order valence-corrected chi connectivity index (χ0v) is 18.6. The van der Waals surface area contributed by atoms with E-state index in [1.807, 2.05) is 18.2 Å². The Labute approximate surface area is 190 Å². The summed E-state index contributed by atoms with van der Waals surface area (Å²) in [6, 6.07) is 15.8. The van der Waals surface area contributed by atoms with Gasteiger partial charge in [0.05, 0.1) is 24.8 Å². The van der Waals surface area contributed by atoms with Crippen molar-refractivity contribution in [2.75, 3.05) is 13.7 Å². The summed E-state index contributed by atoms with van der Waals surface area (Å²) >= 11 is 0. The Balaban J connectivity index is 1.58. The highest BCUT2D eigenvalue weighted by molar-refractivity contribution is 5.93. The maximum Gasteiger partial charge on any atom is 0.246 e. The van der Waals surface area contributed by atoms with E-state index in [0.29, 0.717) is 62.9 Å². The average molecular weight is 444 g/mol. The maximum atomic E-state index is 12.9. The Kier molecular flexibility index (Phi) is 5.12. The Morgan fingerprint density at radius 1 is 0.970 bits per heavy atom. The number of fused-ring (bicyclic) bond motifs is 3. The number of hydrogen-bond donors (Lipinski definition) is 1. The van der Waals surface area contributed by atoms with Crippen LogP contribution >= 0.6 is 0 Å². The normalized spacial score (nSPS) is 11.6. The molecule has 0 aliphatic rings. The van der Waals surface area contributed by atoms with Gasteiger partial charge in [0.1, 0.15) is 0 Å². The van der Waals surface area contributed by atoms with E-state index in [1.54, 1.807) is 43.5 Å². The summed E-state index contributed by atoms with van der Waals surface area (Å²) in [5.74, 6) is 2.33. The lowest BCUT2D eigenvalue weighted by Gasteiger charge is -2.12. The van der Waals surface area contributed by atoms with Crippen LogP contribution in [0.15, 0.2) is 54.6 Å². The predicted octanol–water partition coefficient (Wildman–Crippen LogP) is 4.71. The van der Waals surface area contributed by atoms with Gasteiger partial charge in [0.2, 0.25) is 11.0 Å². The highest BCUT2D eigenvalue weighted by Crippen LogP contribution is 2.33. The molecule has 1 N–H and O–H groups in total. The first kappa shape index (κ1) is 20.8. The van der Waals surface area contributed by atoms with Crippen LogP contribution < -0.4 is 14.2 Å². The number of hydrogen-bond acceptors (Lipinski definition) is 6. The van der Waals surface area contributed by atoms with Gasteiger partial charge in [-0.2, -0.15) is 9.46 Å². The summed E-state index contributed by atoms with van der Waals surface area (Å²) < 4.78 is 13.2. The van der Waals surface area contributed by atoms with Crippen LogP contribution in [0.1, 0.15) is 20.3 Å². The van der Waals surface area contributed by atoms with Gasteiger partial charge < -0.3 is 19.9 Å². The molecule has 8 nitrogen and oxygen atoms in total. The molecule has 0 saturated carbocycles.